The van der Waals surface area contributed by atoms with Gasteiger partial charge in [0.15, 0.2) is 0 Å². The zero-order valence-electron chi connectivity index (χ0n) is 10.0. The van der Waals surface area contributed by atoms with Crippen LogP contribution >= 0.6 is 0 Å². The van der Waals surface area contributed by atoms with E-state index in [9.17, 15) is 4.39 Å². The molecule has 18 heavy (non-hydrogen) atoms. The van der Waals surface area contributed by atoms with Gasteiger partial charge in [0.1, 0.15) is 24.2 Å². The first kappa shape index (κ1) is 11.3. The molecule has 1 aliphatic rings. The van der Waals surface area contributed by atoms with Crippen LogP contribution in [0.15, 0.2) is 30.9 Å². The number of rotatable bonds is 3. The molecule has 1 heterocycles. The summed E-state index contributed by atoms with van der Waals surface area (Å²) in [4.78, 5) is 3.82. The third-order valence-electron chi connectivity index (χ3n) is 3.93. The van der Waals surface area contributed by atoms with Crippen LogP contribution in [-0.2, 0) is 5.41 Å². The highest BCUT2D eigenvalue weighted by molar-refractivity contribution is 5.39. The molecule has 0 radical (unpaired) electrons. The molecule has 2 N–H and O–H groups in total. The van der Waals surface area contributed by atoms with Gasteiger partial charge in [-0.25, -0.2) is 14.1 Å². The Morgan fingerprint density at radius 1 is 1.39 bits per heavy atom. The molecule has 0 unspecified atom stereocenters. The normalized spacial score (nSPS) is 17.4. The molecule has 0 saturated heterocycles. The minimum Gasteiger partial charge on any atom is -0.330 e. The Labute approximate surface area is 105 Å². The van der Waals surface area contributed by atoms with Gasteiger partial charge >= 0.3 is 0 Å². The first-order chi connectivity index (χ1) is 8.75. The van der Waals surface area contributed by atoms with E-state index in [1.54, 1.807) is 12.1 Å². The molecule has 1 aliphatic carbocycles. The van der Waals surface area contributed by atoms with Gasteiger partial charge in [-0.15, -0.1) is 0 Å². The summed E-state index contributed by atoms with van der Waals surface area (Å²) in [6.45, 7) is 0.578. The standard InChI is InChI=1S/C13H15FN4/c14-11-6-10(13(7-15)4-1-5-13)2-3-12(11)18-9-16-8-17-18/h2-3,6,8-9H,1,4-5,7,15H2. The monoisotopic (exact) mass is 246 g/mol. The predicted octanol–water partition coefficient (Wildman–Crippen LogP) is 1.79. The fraction of sp³-hybridized carbons (Fsp3) is 0.385. The topological polar surface area (TPSA) is 56.7 Å². The Kier molecular flexibility index (Phi) is 2.63. The number of halogens is 1. The SMILES string of the molecule is NCC1(c2ccc(-n3cncn3)c(F)c2)CCC1. The molecule has 1 fully saturated rings. The third-order valence-corrected chi connectivity index (χ3v) is 3.93. The maximum absolute atomic E-state index is 14.1. The van der Waals surface area contributed by atoms with E-state index in [2.05, 4.69) is 10.1 Å². The van der Waals surface area contributed by atoms with Crippen LogP contribution in [0.1, 0.15) is 24.8 Å². The zero-order chi connectivity index (χ0) is 12.6. The molecule has 1 aromatic carbocycles. The number of hydrogen-bond donors (Lipinski definition) is 1. The second-order valence-electron chi connectivity index (χ2n) is 4.84. The third kappa shape index (κ3) is 1.62. The summed E-state index contributed by atoms with van der Waals surface area (Å²) in [6.07, 6.45) is 6.14. The molecule has 3 rings (SSSR count). The Bertz CT molecular complexity index is 541. The molecule has 4 nitrogen and oxygen atoms in total. The van der Waals surface area contributed by atoms with E-state index in [0.29, 0.717) is 12.2 Å². The molecule has 5 heteroatoms. The van der Waals surface area contributed by atoms with E-state index in [4.69, 9.17) is 5.73 Å². The largest absolute Gasteiger partial charge is 0.330 e. The molecule has 0 amide bonds. The summed E-state index contributed by atoms with van der Waals surface area (Å²) in [5, 5.41) is 3.93. The lowest BCUT2D eigenvalue weighted by Gasteiger charge is -2.41. The van der Waals surface area contributed by atoms with E-state index >= 15 is 0 Å². The summed E-state index contributed by atoms with van der Waals surface area (Å²) in [5.41, 5.74) is 7.24. The van der Waals surface area contributed by atoms with Crippen molar-refractivity contribution in [1.82, 2.24) is 14.8 Å². The van der Waals surface area contributed by atoms with Crippen molar-refractivity contribution in [3.05, 3.63) is 42.2 Å². The maximum Gasteiger partial charge on any atom is 0.149 e. The summed E-state index contributed by atoms with van der Waals surface area (Å²) < 4.78 is 15.5. The van der Waals surface area contributed by atoms with Crippen LogP contribution in [0.4, 0.5) is 4.39 Å². The predicted molar refractivity (Wildman–Crippen MR) is 65.9 cm³/mol. The van der Waals surface area contributed by atoms with Crippen molar-refractivity contribution in [2.24, 2.45) is 5.73 Å². The van der Waals surface area contributed by atoms with Crippen LogP contribution in [0.25, 0.3) is 5.69 Å². The second-order valence-corrected chi connectivity index (χ2v) is 4.84. The molecular formula is C13H15FN4. The number of nitrogens with two attached hydrogens (primary N) is 1. The minimum atomic E-state index is -0.280. The summed E-state index contributed by atoms with van der Waals surface area (Å²) in [5.74, 6) is -0.280. The van der Waals surface area contributed by atoms with Crippen molar-refractivity contribution in [2.75, 3.05) is 6.54 Å². The van der Waals surface area contributed by atoms with E-state index in [1.165, 1.54) is 23.8 Å². The van der Waals surface area contributed by atoms with E-state index in [-0.39, 0.29) is 11.2 Å². The zero-order valence-corrected chi connectivity index (χ0v) is 10.0. The van der Waals surface area contributed by atoms with Crippen molar-refractivity contribution in [3.63, 3.8) is 0 Å². The first-order valence-electron chi connectivity index (χ1n) is 6.10. The molecular weight excluding hydrogens is 231 g/mol. The molecule has 94 valence electrons. The van der Waals surface area contributed by atoms with Gasteiger partial charge in [0.2, 0.25) is 0 Å². The fourth-order valence-corrected chi connectivity index (χ4v) is 2.57. The van der Waals surface area contributed by atoms with Crippen LogP contribution in [-0.4, -0.2) is 21.3 Å². The number of nitrogens with zero attached hydrogens (tertiary/aromatic N) is 3. The van der Waals surface area contributed by atoms with E-state index in [0.717, 1.165) is 18.4 Å². The lowest BCUT2D eigenvalue weighted by molar-refractivity contribution is 0.252. The van der Waals surface area contributed by atoms with Gasteiger partial charge in [-0.2, -0.15) is 5.10 Å². The van der Waals surface area contributed by atoms with Gasteiger partial charge in [0.25, 0.3) is 0 Å². The van der Waals surface area contributed by atoms with Crippen LogP contribution in [0.3, 0.4) is 0 Å². The smallest absolute Gasteiger partial charge is 0.149 e. The van der Waals surface area contributed by atoms with Crippen LogP contribution < -0.4 is 5.73 Å². The summed E-state index contributed by atoms with van der Waals surface area (Å²) in [6, 6.07) is 5.28. The molecule has 0 spiro atoms. The highest BCUT2D eigenvalue weighted by atomic mass is 19.1. The molecule has 0 bridgehead atoms. The summed E-state index contributed by atoms with van der Waals surface area (Å²) >= 11 is 0. The van der Waals surface area contributed by atoms with Crippen molar-refractivity contribution in [1.29, 1.82) is 0 Å². The van der Waals surface area contributed by atoms with Crippen molar-refractivity contribution < 1.29 is 4.39 Å². The van der Waals surface area contributed by atoms with Gasteiger partial charge in [-0.1, -0.05) is 12.5 Å². The molecule has 2 aromatic rings. The average molecular weight is 246 g/mol. The first-order valence-corrected chi connectivity index (χ1v) is 6.10. The van der Waals surface area contributed by atoms with Crippen molar-refractivity contribution in [3.8, 4) is 5.69 Å². The molecule has 1 saturated carbocycles. The number of hydrogen-bond acceptors (Lipinski definition) is 3. The van der Waals surface area contributed by atoms with Crippen molar-refractivity contribution in [2.45, 2.75) is 24.7 Å². The Morgan fingerprint density at radius 3 is 2.72 bits per heavy atom. The molecule has 1 aromatic heterocycles. The van der Waals surface area contributed by atoms with Gasteiger partial charge < -0.3 is 5.73 Å². The van der Waals surface area contributed by atoms with E-state index < -0.39 is 0 Å². The lowest BCUT2D eigenvalue weighted by Crippen LogP contribution is -2.41. The lowest BCUT2D eigenvalue weighted by atomic mass is 9.64. The Morgan fingerprint density at radius 2 is 2.22 bits per heavy atom. The average Bonchev–Trinajstić information content (AvgIpc) is 2.82. The van der Waals surface area contributed by atoms with Gasteiger partial charge in [0, 0.05) is 12.0 Å². The highest BCUT2D eigenvalue weighted by Gasteiger charge is 2.37. The van der Waals surface area contributed by atoms with Gasteiger partial charge in [-0.3, -0.25) is 0 Å². The molecule has 0 atom stereocenters. The second kappa shape index (κ2) is 4.17. The Balaban J connectivity index is 1.99. The Hall–Kier alpha value is -1.75. The minimum absolute atomic E-state index is 0.0122. The summed E-state index contributed by atoms with van der Waals surface area (Å²) in [7, 11) is 0. The van der Waals surface area contributed by atoms with Crippen LogP contribution in [0.5, 0.6) is 0 Å². The van der Waals surface area contributed by atoms with Crippen molar-refractivity contribution >= 4 is 0 Å². The van der Waals surface area contributed by atoms with Crippen LogP contribution in [0, 0.1) is 5.82 Å². The number of benzene rings is 1. The highest BCUT2D eigenvalue weighted by Crippen LogP contribution is 2.43. The fourth-order valence-electron chi connectivity index (χ4n) is 2.57. The molecule has 0 aliphatic heterocycles. The van der Waals surface area contributed by atoms with Gasteiger partial charge in [0.05, 0.1) is 0 Å². The maximum atomic E-state index is 14.1. The quantitative estimate of drug-likeness (QED) is 0.898. The van der Waals surface area contributed by atoms with Crippen LogP contribution in [0.2, 0.25) is 0 Å². The van der Waals surface area contributed by atoms with E-state index in [1.807, 2.05) is 6.07 Å². The number of aromatic nitrogens is 3. The van der Waals surface area contributed by atoms with Gasteiger partial charge in [-0.05, 0) is 30.5 Å².